The van der Waals surface area contributed by atoms with Crippen LogP contribution in [0.4, 0.5) is 0 Å². The van der Waals surface area contributed by atoms with Crippen molar-refractivity contribution in [3.05, 3.63) is 34.9 Å². The van der Waals surface area contributed by atoms with Gasteiger partial charge in [0.2, 0.25) is 0 Å². The minimum absolute atomic E-state index is 0.0831. The van der Waals surface area contributed by atoms with Crippen LogP contribution in [-0.4, -0.2) is 43.0 Å². The summed E-state index contributed by atoms with van der Waals surface area (Å²) in [5, 5.41) is 6.48. The smallest absolute Gasteiger partial charge is 0.251 e. The number of hydrogen-bond donors (Lipinski definition) is 2. The molecule has 1 fully saturated rings. The van der Waals surface area contributed by atoms with Gasteiger partial charge in [0.25, 0.3) is 5.91 Å². The van der Waals surface area contributed by atoms with Crippen molar-refractivity contribution < 1.29 is 4.79 Å². The Balaban J connectivity index is 1.63. The topological polar surface area (TPSA) is 44.4 Å². The Bertz CT molecular complexity index is 509. The van der Waals surface area contributed by atoms with Gasteiger partial charge in [-0.1, -0.05) is 12.1 Å². The molecule has 0 radical (unpaired) electrons. The van der Waals surface area contributed by atoms with Crippen molar-refractivity contribution in [1.82, 2.24) is 15.5 Å². The Hall–Kier alpha value is -1.39. The molecule has 21 heavy (non-hydrogen) atoms. The predicted octanol–water partition coefficient (Wildman–Crippen LogP) is 1.55. The van der Waals surface area contributed by atoms with Gasteiger partial charge in [-0.25, -0.2) is 0 Å². The number of amides is 1. The predicted molar refractivity (Wildman–Crippen MR) is 84.5 cm³/mol. The van der Waals surface area contributed by atoms with Crippen molar-refractivity contribution >= 4 is 5.91 Å². The van der Waals surface area contributed by atoms with Crippen LogP contribution in [-0.2, 0) is 13.0 Å². The summed E-state index contributed by atoms with van der Waals surface area (Å²) in [6, 6.07) is 6.49. The second-order valence-electron chi connectivity index (χ2n) is 6.17. The van der Waals surface area contributed by atoms with Crippen LogP contribution in [0.25, 0.3) is 0 Å². The van der Waals surface area contributed by atoms with Crippen LogP contribution in [0.1, 0.15) is 41.3 Å². The second-order valence-corrected chi connectivity index (χ2v) is 6.17. The zero-order valence-corrected chi connectivity index (χ0v) is 12.8. The Morgan fingerprint density at radius 2 is 2.19 bits per heavy atom. The van der Waals surface area contributed by atoms with E-state index in [4.69, 9.17) is 0 Å². The minimum Gasteiger partial charge on any atom is -0.350 e. The van der Waals surface area contributed by atoms with E-state index in [9.17, 15) is 4.79 Å². The first-order valence-corrected chi connectivity index (χ1v) is 8.09. The fourth-order valence-electron chi connectivity index (χ4n) is 3.39. The molecule has 0 aromatic heterocycles. The Morgan fingerprint density at radius 3 is 3.00 bits per heavy atom. The number of carbonyl (C=O) groups excluding carboxylic acids is 1. The maximum absolute atomic E-state index is 12.5. The van der Waals surface area contributed by atoms with Gasteiger partial charge in [-0.3, -0.25) is 9.69 Å². The summed E-state index contributed by atoms with van der Waals surface area (Å²) in [5.41, 5.74) is 3.35. The third-order valence-corrected chi connectivity index (χ3v) is 4.71. The Kier molecular flexibility index (Phi) is 4.56. The number of nitrogens with one attached hydrogen (secondary N) is 2. The van der Waals surface area contributed by atoms with Gasteiger partial charge < -0.3 is 10.6 Å². The lowest BCUT2D eigenvalue weighted by Crippen LogP contribution is -2.41. The van der Waals surface area contributed by atoms with Crippen LogP contribution in [0.3, 0.4) is 0 Å². The van der Waals surface area contributed by atoms with Gasteiger partial charge in [0.15, 0.2) is 0 Å². The molecule has 2 aliphatic rings. The third-order valence-electron chi connectivity index (χ3n) is 4.71. The largest absolute Gasteiger partial charge is 0.350 e. The number of rotatable bonds is 4. The number of benzene rings is 1. The van der Waals surface area contributed by atoms with Crippen LogP contribution < -0.4 is 10.6 Å². The van der Waals surface area contributed by atoms with Gasteiger partial charge in [-0.2, -0.15) is 0 Å². The van der Waals surface area contributed by atoms with E-state index in [1.165, 1.54) is 37.1 Å². The Labute approximate surface area is 126 Å². The number of carbonyl (C=O) groups is 1. The van der Waals surface area contributed by atoms with E-state index in [1.54, 1.807) is 0 Å². The minimum atomic E-state index is 0.0831. The summed E-state index contributed by atoms with van der Waals surface area (Å²) < 4.78 is 0. The summed E-state index contributed by atoms with van der Waals surface area (Å²) in [6.45, 7) is 7.12. The molecule has 1 aromatic carbocycles. The van der Waals surface area contributed by atoms with Crippen LogP contribution >= 0.6 is 0 Å². The first-order chi connectivity index (χ1) is 10.3. The molecular formula is C17H25N3O. The van der Waals surface area contributed by atoms with Crippen molar-refractivity contribution in [1.29, 1.82) is 0 Å². The zero-order valence-electron chi connectivity index (χ0n) is 12.8. The number of hydrogen-bond acceptors (Lipinski definition) is 3. The highest BCUT2D eigenvalue weighted by molar-refractivity contribution is 5.96. The molecule has 0 aliphatic carbocycles. The molecule has 1 unspecified atom stereocenters. The van der Waals surface area contributed by atoms with Crippen molar-refractivity contribution in [2.75, 3.05) is 26.2 Å². The van der Waals surface area contributed by atoms with Gasteiger partial charge in [-0.15, -0.1) is 0 Å². The summed E-state index contributed by atoms with van der Waals surface area (Å²) in [5.74, 6) is 0.0831. The lowest BCUT2D eigenvalue weighted by Gasteiger charge is -2.24. The molecule has 1 amide bonds. The van der Waals surface area contributed by atoms with E-state index in [0.29, 0.717) is 6.04 Å². The van der Waals surface area contributed by atoms with E-state index in [2.05, 4.69) is 28.5 Å². The zero-order chi connectivity index (χ0) is 14.7. The van der Waals surface area contributed by atoms with Crippen LogP contribution in [0.15, 0.2) is 18.2 Å². The highest BCUT2D eigenvalue weighted by Crippen LogP contribution is 2.18. The SMILES string of the molecule is CC(CNC(=O)c1cccc2c1CCNC2)N1CCCC1. The number of fused-ring (bicyclic) bond motifs is 1. The molecule has 1 saturated heterocycles. The average Bonchev–Trinajstić information content (AvgIpc) is 3.06. The van der Waals surface area contributed by atoms with Crippen LogP contribution in [0.5, 0.6) is 0 Å². The summed E-state index contributed by atoms with van der Waals surface area (Å²) in [4.78, 5) is 14.9. The van der Waals surface area contributed by atoms with E-state index in [1.807, 2.05) is 12.1 Å². The van der Waals surface area contributed by atoms with E-state index >= 15 is 0 Å². The van der Waals surface area contributed by atoms with Crippen molar-refractivity contribution in [3.8, 4) is 0 Å². The van der Waals surface area contributed by atoms with Crippen LogP contribution in [0, 0.1) is 0 Å². The molecule has 1 atom stereocenters. The molecule has 114 valence electrons. The quantitative estimate of drug-likeness (QED) is 0.883. The maximum atomic E-state index is 12.5. The highest BCUT2D eigenvalue weighted by atomic mass is 16.1. The van der Waals surface area contributed by atoms with Crippen molar-refractivity contribution in [3.63, 3.8) is 0 Å². The molecular weight excluding hydrogens is 262 g/mol. The van der Waals surface area contributed by atoms with E-state index in [0.717, 1.165) is 31.6 Å². The summed E-state index contributed by atoms with van der Waals surface area (Å²) in [7, 11) is 0. The van der Waals surface area contributed by atoms with Gasteiger partial charge in [0.1, 0.15) is 0 Å². The van der Waals surface area contributed by atoms with Gasteiger partial charge in [-0.05, 0) is 63.0 Å². The van der Waals surface area contributed by atoms with E-state index < -0.39 is 0 Å². The standard InChI is InChI=1S/C17H25N3O/c1-13(20-9-2-3-10-20)11-19-17(21)16-6-4-5-14-12-18-8-7-15(14)16/h4-6,13,18H,2-3,7-12H2,1H3,(H,19,21). The van der Waals surface area contributed by atoms with Crippen LogP contribution in [0.2, 0.25) is 0 Å². The fourth-order valence-corrected chi connectivity index (χ4v) is 3.39. The lowest BCUT2D eigenvalue weighted by molar-refractivity contribution is 0.0939. The normalized spacial score (nSPS) is 20.0. The third kappa shape index (κ3) is 3.27. The van der Waals surface area contributed by atoms with Gasteiger partial charge in [0, 0.05) is 24.7 Å². The molecule has 4 heteroatoms. The summed E-state index contributed by atoms with van der Waals surface area (Å²) >= 11 is 0. The molecule has 0 saturated carbocycles. The number of nitrogens with zero attached hydrogens (tertiary/aromatic N) is 1. The first kappa shape index (κ1) is 14.5. The van der Waals surface area contributed by atoms with Gasteiger partial charge in [0.05, 0.1) is 0 Å². The molecule has 4 nitrogen and oxygen atoms in total. The average molecular weight is 287 g/mol. The fraction of sp³-hybridized carbons (Fsp3) is 0.588. The molecule has 2 heterocycles. The first-order valence-electron chi connectivity index (χ1n) is 8.09. The summed E-state index contributed by atoms with van der Waals surface area (Å²) in [6.07, 6.45) is 3.52. The lowest BCUT2D eigenvalue weighted by atomic mass is 9.95. The molecule has 2 N–H and O–H groups in total. The second kappa shape index (κ2) is 6.58. The molecule has 1 aromatic rings. The van der Waals surface area contributed by atoms with E-state index in [-0.39, 0.29) is 5.91 Å². The monoisotopic (exact) mass is 287 g/mol. The molecule has 2 aliphatic heterocycles. The number of likely N-dealkylation sites (tertiary alicyclic amines) is 1. The Morgan fingerprint density at radius 1 is 1.38 bits per heavy atom. The molecule has 3 rings (SSSR count). The highest BCUT2D eigenvalue weighted by Gasteiger charge is 2.20. The van der Waals surface area contributed by atoms with Gasteiger partial charge >= 0.3 is 0 Å². The maximum Gasteiger partial charge on any atom is 0.251 e. The van der Waals surface area contributed by atoms with Crippen molar-refractivity contribution in [2.24, 2.45) is 0 Å². The molecule has 0 bridgehead atoms. The van der Waals surface area contributed by atoms with Crippen molar-refractivity contribution in [2.45, 2.75) is 38.8 Å². The molecule has 0 spiro atoms.